The predicted octanol–water partition coefficient (Wildman–Crippen LogP) is 2.99. The molecular formula is C21H18F4N6O. The Kier molecular flexibility index (Phi) is 4.99. The lowest BCUT2D eigenvalue weighted by atomic mass is 9.82. The van der Waals surface area contributed by atoms with Gasteiger partial charge in [-0.05, 0) is 36.2 Å². The maximum absolute atomic E-state index is 14.3. The van der Waals surface area contributed by atoms with Gasteiger partial charge in [0.1, 0.15) is 6.54 Å². The van der Waals surface area contributed by atoms with Crippen LogP contribution >= 0.6 is 0 Å². The molecule has 7 nitrogen and oxygen atoms in total. The summed E-state index contributed by atoms with van der Waals surface area (Å²) in [6, 6.07) is 9.47. The Hall–Kier alpha value is -3.76. The van der Waals surface area contributed by atoms with Crippen molar-refractivity contribution < 1.29 is 22.4 Å². The van der Waals surface area contributed by atoms with Gasteiger partial charge in [-0.3, -0.25) is 14.4 Å². The summed E-state index contributed by atoms with van der Waals surface area (Å²) >= 11 is 0. The summed E-state index contributed by atoms with van der Waals surface area (Å²) in [5.41, 5.74) is 5.36. The van der Waals surface area contributed by atoms with Gasteiger partial charge in [-0.1, -0.05) is 18.2 Å². The van der Waals surface area contributed by atoms with Crippen LogP contribution in [0.4, 0.5) is 17.6 Å². The van der Waals surface area contributed by atoms with Crippen molar-refractivity contribution in [3.05, 3.63) is 71.6 Å². The fourth-order valence-electron chi connectivity index (χ4n) is 3.80. The van der Waals surface area contributed by atoms with Gasteiger partial charge in [0.15, 0.2) is 11.5 Å². The van der Waals surface area contributed by atoms with Gasteiger partial charge in [-0.15, -0.1) is 0 Å². The average Bonchev–Trinajstić information content (AvgIpc) is 3.20. The molecule has 0 radical (unpaired) electrons. The molecule has 1 aliphatic rings. The van der Waals surface area contributed by atoms with Crippen molar-refractivity contribution in [2.24, 2.45) is 10.7 Å². The molecule has 1 unspecified atom stereocenters. The van der Waals surface area contributed by atoms with Crippen LogP contribution in [0.15, 0.2) is 53.8 Å². The number of nitrogens with two attached hydrogens (primary N) is 1. The zero-order chi connectivity index (χ0) is 23.3. The van der Waals surface area contributed by atoms with Gasteiger partial charge in [-0.25, -0.2) is 9.98 Å². The fourth-order valence-corrected chi connectivity index (χ4v) is 3.80. The highest BCUT2D eigenvalue weighted by molar-refractivity contribution is 6.09. The largest absolute Gasteiger partial charge is 0.408 e. The van der Waals surface area contributed by atoms with Crippen molar-refractivity contribution in [1.29, 1.82) is 0 Å². The molecule has 32 heavy (non-hydrogen) atoms. The number of amides is 1. The fraction of sp³-hybridized carbons (Fsp3) is 0.238. The van der Waals surface area contributed by atoms with Crippen molar-refractivity contribution in [3.63, 3.8) is 0 Å². The zero-order valence-corrected chi connectivity index (χ0v) is 17.1. The summed E-state index contributed by atoms with van der Waals surface area (Å²) < 4.78 is 54.0. The molecule has 3 aromatic rings. The van der Waals surface area contributed by atoms with E-state index in [9.17, 15) is 22.4 Å². The van der Waals surface area contributed by atoms with E-state index >= 15 is 0 Å². The number of guanidine groups is 1. The first-order valence-electron chi connectivity index (χ1n) is 9.49. The first-order valence-corrected chi connectivity index (χ1v) is 9.49. The molecule has 0 spiro atoms. The van der Waals surface area contributed by atoms with E-state index in [1.165, 1.54) is 32.4 Å². The van der Waals surface area contributed by atoms with Crippen LogP contribution in [-0.2, 0) is 16.9 Å². The second-order valence-corrected chi connectivity index (χ2v) is 7.38. The van der Waals surface area contributed by atoms with E-state index in [0.29, 0.717) is 11.1 Å². The molecule has 2 N–H and O–H groups in total. The SMILES string of the molecule is Cc1c(C2(c3cccc(-c4cccnc4F)c3)N=C(N)N(C)C2=O)cnn1CC(F)(F)F. The molecule has 1 atom stereocenters. The standard InChI is InChI=1S/C21H18F4N6O/c1-12-16(10-28-31(12)11-20(23,24)25)21(18(32)30(2)19(26)29-21)14-6-3-5-13(9-14)15-7-4-8-27-17(15)22/h3-10H,11H2,1-2H3,(H2,26,29). The molecule has 0 fully saturated rings. The number of alkyl halides is 3. The molecule has 166 valence electrons. The summed E-state index contributed by atoms with van der Waals surface area (Å²) in [5.74, 6) is -1.37. The maximum atomic E-state index is 14.3. The van der Waals surface area contributed by atoms with Gasteiger partial charge in [0.2, 0.25) is 5.95 Å². The number of aliphatic imine (C=N–C) groups is 1. The predicted molar refractivity (Wildman–Crippen MR) is 108 cm³/mol. The monoisotopic (exact) mass is 446 g/mol. The topological polar surface area (TPSA) is 89.4 Å². The minimum atomic E-state index is -4.50. The molecule has 1 aromatic carbocycles. The molecular weight excluding hydrogens is 428 g/mol. The number of nitrogens with zero attached hydrogens (tertiary/aromatic N) is 5. The lowest BCUT2D eigenvalue weighted by Crippen LogP contribution is -2.41. The van der Waals surface area contributed by atoms with Gasteiger partial charge in [-0.2, -0.15) is 22.7 Å². The Morgan fingerprint density at radius 2 is 1.94 bits per heavy atom. The number of carbonyl (C=O) groups is 1. The van der Waals surface area contributed by atoms with Gasteiger partial charge < -0.3 is 5.73 Å². The summed E-state index contributed by atoms with van der Waals surface area (Å²) in [5, 5.41) is 3.84. The summed E-state index contributed by atoms with van der Waals surface area (Å²) in [4.78, 5) is 22.5. The second-order valence-electron chi connectivity index (χ2n) is 7.38. The Balaban J connectivity index is 1.93. The Bertz CT molecular complexity index is 1240. The molecule has 4 rings (SSSR count). The number of rotatable bonds is 4. The van der Waals surface area contributed by atoms with Crippen molar-refractivity contribution in [1.82, 2.24) is 19.7 Å². The van der Waals surface area contributed by atoms with Crippen LogP contribution in [0.3, 0.4) is 0 Å². The van der Waals surface area contributed by atoms with Crippen molar-refractivity contribution in [2.45, 2.75) is 25.2 Å². The molecule has 11 heteroatoms. The van der Waals surface area contributed by atoms with Gasteiger partial charge in [0, 0.05) is 30.1 Å². The smallest absolute Gasteiger partial charge is 0.369 e. The lowest BCUT2D eigenvalue weighted by Gasteiger charge is -2.26. The molecule has 0 aliphatic carbocycles. The Morgan fingerprint density at radius 1 is 1.19 bits per heavy atom. The molecule has 3 heterocycles. The number of pyridine rings is 1. The lowest BCUT2D eigenvalue weighted by molar-refractivity contribution is -0.142. The summed E-state index contributed by atoms with van der Waals surface area (Å²) in [6.07, 6.45) is -2.01. The number of aromatic nitrogens is 3. The highest BCUT2D eigenvalue weighted by Crippen LogP contribution is 2.42. The van der Waals surface area contributed by atoms with E-state index < -0.39 is 30.1 Å². The first-order chi connectivity index (χ1) is 15.0. The van der Waals surface area contributed by atoms with Crippen LogP contribution < -0.4 is 5.73 Å². The number of halogens is 4. The molecule has 0 saturated heterocycles. The average molecular weight is 446 g/mol. The molecule has 0 saturated carbocycles. The Morgan fingerprint density at radius 3 is 2.56 bits per heavy atom. The van der Waals surface area contributed by atoms with E-state index in [4.69, 9.17) is 5.73 Å². The highest BCUT2D eigenvalue weighted by Gasteiger charge is 2.51. The van der Waals surface area contributed by atoms with Crippen LogP contribution in [0, 0.1) is 12.9 Å². The minimum absolute atomic E-state index is 0.101. The normalized spacial score (nSPS) is 18.9. The summed E-state index contributed by atoms with van der Waals surface area (Å²) in [7, 11) is 1.42. The maximum Gasteiger partial charge on any atom is 0.408 e. The van der Waals surface area contributed by atoms with Crippen LogP contribution in [0.5, 0.6) is 0 Å². The van der Waals surface area contributed by atoms with Gasteiger partial charge in [0.25, 0.3) is 5.91 Å². The summed E-state index contributed by atoms with van der Waals surface area (Å²) in [6.45, 7) is 0.108. The molecule has 1 amide bonds. The highest BCUT2D eigenvalue weighted by atomic mass is 19.4. The quantitative estimate of drug-likeness (QED) is 0.493. The van der Waals surface area contributed by atoms with Crippen molar-refractivity contribution >= 4 is 11.9 Å². The van der Waals surface area contributed by atoms with Crippen LogP contribution in [0.1, 0.15) is 16.8 Å². The number of hydrogen-bond donors (Lipinski definition) is 1. The molecule has 1 aliphatic heterocycles. The van der Waals surface area contributed by atoms with E-state index in [-0.39, 0.29) is 22.8 Å². The first kappa shape index (κ1) is 21.5. The van der Waals surface area contributed by atoms with Crippen LogP contribution in [-0.4, -0.2) is 44.8 Å². The van der Waals surface area contributed by atoms with E-state index in [2.05, 4.69) is 15.1 Å². The second kappa shape index (κ2) is 7.43. The zero-order valence-electron chi connectivity index (χ0n) is 17.1. The van der Waals surface area contributed by atoms with Gasteiger partial charge in [0.05, 0.1) is 6.20 Å². The van der Waals surface area contributed by atoms with Gasteiger partial charge >= 0.3 is 6.18 Å². The van der Waals surface area contributed by atoms with E-state index in [0.717, 1.165) is 9.58 Å². The minimum Gasteiger partial charge on any atom is -0.369 e. The molecule has 2 aromatic heterocycles. The van der Waals surface area contributed by atoms with E-state index in [1.807, 2.05) is 0 Å². The van der Waals surface area contributed by atoms with Crippen LogP contribution in [0.25, 0.3) is 11.1 Å². The number of likely N-dealkylation sites (N-methyl/N-ethyl adjacent to an activating group) is 1. The third-order valence-corrected chi connectivity index (χ3v) is 5.41. The van der Waals surface area contributed by atoms with Crippen molar-refractivity contribution in [2.75, 3.05) is 7.05 Å². The number of benzene rings is 1. The van der Waals surface area contributed by atoms with Crippen LogP contribution in [0.2, 0.25) is 0 Å². The third-order valence-electron chi connectivity index (χ3n) is 5.41. The van der Waals surface area contributed by atoms with Crippen molar-refractivity contribution in [3.8, 4) is 11.1 Å². The Labute approximate surface area is 180 Å². The molecule has 0 bridgehead atoms. The third kappa shape index (κ3) is 3.39. The van der Waals surface area contributed by atoms with E-state index in [1.54, 1.807) is 30.3 Å². The number of hydrogen-bond acceptors (Lipinski definition) is 5. The number of carbonyl (C=O) groups excluding carboxylic acids is 1.